The van der Waals surface area contributed by atoms with Crippen molar-refractivity contribution in [1.29, 1.82) is 0 Å². The zero-order valence-electron chi connectivity index (χ0n) is 16.7. The lowest BCUT2D eigenvalue weighted by Crippen LogP contribution is -2.56. The molecule has 9 heteroatoms. The van der Waals surface area contributed by atoms with Gasteiger partial charge in [0, 0.05) is 6.42 Å². The van der Waals surface area contributed by atoms with Crippen LogP contribution in [0.25, 0.3) is 0 Å². The van der Waals surface area contributed by atoms with Gasteiger partial charge in [0.15, 0.2) is 0 Å². The van der Waals surface area contributed by atoms with Gasteiger partial charge in [0.2, 0.25) is 11.8 Å². The molecule has 1 unspecified atom stereocenters. The van der Waals surface area contributed by atoms with Gasteiger partial charge >= 0.3 is 7.60 Å². The van der Waals surface area contributed by atoms with Crippen LogP contribution in [0.15, 0.2) is 30.3 Å². The maximum Gasteiger partial charge on any atom is 0.342 e. The van der Waals surface area contributed by atoms with Gasteiger partial charge in [0.05, 0.1) is 6.04 Å². The van der Waals surface area contributed by atoms with Gasteiger partial charge in [-0.3, -0.25) is 19.5 Å². The third-order valence-electron chi connectivity index (χ3n) is 4.50. The number of benzene rings is 1. The summed E-state index contributed by atoms with van der Waals surface area (Å²) in [5.74, 6) is -2.55. The maximum absolute atomic E-state index is 12.8. The normalized spacial score (nSPS) is 15.1. The zero-order valence-corrected chi connectivity index (χ0v) is 17.6. The standard InChI is InChI=1S/C19H32N3O5P/c1-4-5-11-16(28(25,26)27)22-17(13(2)3)19(24)21-15(18(20)23)12-14-9-7-6-8-10-14/h6-10,13,15-17,22H,4-5,11-12H2,1-3H3,(H2,20,23)(H,21,24)(H2,25,26,27)/t15-,16?,17-/m0/s1. The molecule has 0 aliphatic carbocycles. The minimum atomic E-state index is -4.43. The molecule has 0 aliphatic rings. The number of carbonyl (C=O) groups excluding carboxylic acids is 2. The van der Waals surface area contributed by atoms with Crippen molar-refractivity contribution in [2.75, 3.05) is 0 Å². The first kappa shape index (κ1) is 24.3. The van der Waals surface area contributed by atoms with Gasteiger partial charge in [-0.1, -0.05) is 63.9 Å². The van der Waals surface area contributed by atoms with Crippen LogP contribution < -0.4 is 16.4 Å². The molecule has 0 heterocycles. The number of hydrogen-bond donors (Lipinski definition) is 5. The second kappa shape index (κ2) is 11.3. The van der Waals surface area contributed by atoms with Crippen molar-refractivity contribution in [3.05, 3.63) is 35.9 Å². The predicted molar refractivity (Wildman–Crippen MR) is 108 cm³/mol. The Labute approximate surface area is 166 Å². The average Bonchev–Trinajstić information content (AvgIpc) is 2.60. The minimum absolute atomic E-state index is 0.241. The number of rotatable bonds is 12. The SMILES string of the molecule is CCCCC(N[C@H](C(=O)N[C@@H](Cc1ccccc1)C(N)=O)C(C)C)P(=O)(O)O. The quantitative estimate of drug-likeness (QED) is 0.329. The van der Waals surface area contributed by atoms with Crippen molar-refractivity contribution >= 4 is 19.4 Å². The van der Waals surface area contributed by atoms with E-state index in [-0.39, 0.29) is 18.8 Å². The third-order valence-corrected chi connectivity index (χ3v) is 5.72. The van der Waals surface area contributed by atoms with E-state index in [1.807, 2.05) is 37.3 Å². The maximum atomic E-state index is 12.8. The summed E-state index contributed by atoms with van der Waals surface area (Å²) in [6.45, 7) is 5.46. The molecule has 158 valence electrons. The summed E-state index contributed by atoms with van der Waals surface area (Å²) < 4.78 is 11.8. The highest BCUT2D eigenvalue weighted by Gasteiger charge is 2.34. The third kappa shape index (κ3) is 8.10. The van der Waals surface area contributed by atoms with E-state index in [0.29, 0.717) is 6.42 Å². The van der Waals surface area contributed by atoms with Crippen LogP contribution in [0.3, 0.4) is 0 Å². The molecule has 3 atom stereocenters. The van der Waals surface area contributed by atoms with Crippen LogP contribution in [-0.4, -0.2) is 39.5 Å². The highest BCUT2D eigenvalue weighted by Crippen LogP contribution is 2.42. The number of amides is 2. The van der Waals surface area contributed by atoms with Crippen LogP contribution in [0.2, 0.25) is 0 Å². The lowest BCUT2D eigenvalue weighted by molar-refractivity contribution is -0.129. The molecule has 0 saturated heterocycles. The van der Waals surface area contributed by atoms with Crippen molar-refractivity contribution in [3.63, 3.8) is 0 Å². The molecule has 1 aromatic rings. The fourth-order valence-corrected chi connectivity index (χ4v) is 3.73. The fraction of sp³-hybridized carbons (Fsp3) is 0.579. The van der Waals surface area contributed by atoms with Gasteiger partial charge in [-0.25, -0.2) is 0 Å². The van der Waals surface area contributed by atoms with Crippen molar-refractivity contribution < 1.29 is 23.9 Å². The van der Waals surface area contributed by atoms with E-state index in [0.717, 1.165) is 12.0 Å². The summed E-state index contributed by atoms with van der Waals surface area (Å²) in [6, 6.07) is 7.37. The first-order valence-corrected chi connectivity index (χ1v) is 11.2. The van der Waals surface area contributed by atoms with Crippen molar-refractivity contribution in [1.82, 2.24) is 10.6 Å². The second-order valence-corrected chi connectivity index (χ2v) is 9.09. The summed E-state index contributed by atoms with van der Waals surface area (Å²) >= 11 is 0. The Morgan fingerprint density at radius 1 is 1.18 bits per heavy atom. The molecule has 6 N–H and O–H groups in total. The number of unbranched alkanes of at least 4 members (excludes halogenated alkanes) is 1. The number of hydrogen-bond acceptors (Lipinski definition) is 4. The van der Waals surface area contributed by atoms with E-state index in [2.05, 4.69) is 10.6 Å². The predicted octanol–water partition coefficient (Wildman–Crippen LogP) is 1.51. The van der Waals surface area contributed by atoms with Crippen LogP contribution in [0.5, 0.6) is 0 Å². The molecule has 0 bridgehead atoms. The molecule has 0 fully saturated rings. The molecule has 0 aliphatic heterocycles. The van der Waals surface area contributed by atoms with Crippen molar-refractivity contribution in [2.45, 2.75) is 64.3 Å². The van der Waals surface area contributed by atoms with E-state index in [1.54, 1.807) is 13.8 Å². The summed E-state index contributed by atoms with van der Waals surface area (Å²) in [6.07, 6.45) is 1.88. The molecule has 28 heavy (non-hydrogen) atoms. The highest BCUT2D eigenvalue weighted by atomic mass is 31.2. The van der Waals surface area contributed by atoms with Crippen molar-refractivity contribution in [2.24, 2.45) is 11.7 Å². The monoisotopic (exact) mass is 413 g/mol. The molecular weight excluding hydrogens is 381 g/mol. The first-order chi connectivity index (χ1) is 13.1. The fourth-order valence-electron chi connectivity index (χ4n) is 2.86. The molecule has 1 aromatic carbocycles. The average molecular weight is 413 g/mol. The molecular formula is C19H32N3O5P. The molecule has 1 rings (SSSR count). The number of primary amides is 1. The Hall–Kier alpha value is -1.73. The van der Waals surface area contributed by atoms with Gasteiger partial charge in [-0.05, 0) is 17.9 Å². The Morgan fingerprint density at radius 2 is 1.79 bits per heavy atom. The Morgan fingerprint density at radius 3 is 2.25 bits per heavy atom. The van der Waals surface area contributed by atoms with E-state index >= 15 is 0 Å². The summed E-state index contributed by atoms with van der Waals surface area (Å²) in [5.41, 5.74) is 6.29. The lowest BCUT2D eigenvalue weighted by atomic mass is 10.0. The molecule has 0 spiro atoms. The smallest absolute Gasteiger partial charge is 0.342 e. The van der Waals surface area contributed by atoms with Crippen LogP contribution in [0.1, 0.15) is 45.6 Å². The molecule has 0 radical (unpaired) electrons. The summed E-state index contributed by atoms with van der Waals surface area (Å²) in [5, 5.41) is 5.44. The Bertz CT molecular complexity index is 677. The van der Waals surface area contributed by atoms with Crippen LogP contribution in [0, 0.1) is 5.92 Å². The first-order valence-electron chi connectivity index (χ1n) is 9.51. The lowest BCUT2D eigenvalue weighted by Gasteiger charge is -2.29. The minimum Gasteiger partial charge on any atom is -0.368 e. The van der Waals surface area contributed by atoms with E-state index in [1.165, 1.54) is 0 Å². The van der Waals surface area contributed by atoms with Gasteiger partial charge in [0.25, 0.3) is 0 Å². The number of nitrogens with two attached hydrogens (primary N) is 1. The van der Waals surface area contributed by atoms with Crippen LogP contribution in [-0.2, 0) is 20.6 Å². The topological polar surface area (TPSA) is 142 Å². The number of carbonyl (C=O) groups is 2. The van der Waals surface area contributed by atoms with Gasteiger partial charge in [-0.15, -0.1) is 0 Å². The highest BCUT2D eigenvalue weighted by molar-refractivity contribution is 7.52. The Kier molecular flexibility index (Phi) is 9.82. The Balaban J connectivity index is 2.91. The van der Waals surface area contributed by atoms with Gasteiger partial charge < -0.3 is 20.8 Å². The van der Waals surface area contributed by atoms with Crippen LogP contribution in [0.4, 0.5) is 0 Å². The zero-order chi connectivity index (χ0) is 21.3. The van der Waals surface area contributed by atoms with E-state index in [9.17, 15) is 23.9 Å². The van der Waals surface area contributed by atoms with Crippen LogP contribution >= 0.6 is 7.60 Å². The van der Waals surface area contributed by atoms with Crippen molar-refractivity contribution in [3.8, 4) is 0 Å². The second-order valence-electron chi connectivity index (χ2n) is 7.29. The number of nitrogens with one attached hydrogen (secondary N) is 2. The summed E-state index contributed by atoms with van der Waals surface area (Å²) in [7, 11) is -4.43. The molecule has 0 saturated carbocycles. The summed E-state index contributed by atoms with van der Waals surface area (Å²) in [4.78, 5) is 43.9. The van der Waals surface area contributed by atoms with Gasteiger partial charge in [0.1, 0.15) is 11.8 Å². The molecule has 0 aromatic heterocycles. The van der Waals surface area contributed by atoms with Gasteiger partial charge in [-0.2, -0.15) is 0 Å². The van der Waals surface area contributed by atoms with E-state index in [4.69, 9.17) is 5.73 Å². The molecule has 8 nitrogen and oxygen atoms in total. The largest absolute Gasteiger partial charge is 0.368 e. The van der Waals surface area contributed by atoms with E-state index < -0.39 is 37.3 Å². The molecule has 2 amide bonds.